The molecule has 0 spiro atoms. The first-order chi connectivity index (χ1) is 7.63. The van der Waals surface area contributed by atoms with Crippen molar-refractivity contribution < 1.29 is 19.0 Å². The molecule has 0 bridgehead atoms. The molecule has 1 atom stereocenters. The van der Waals surface area contributed by atoms with Crippen molar-refractivity contribution in [2.45, 2.75) is 25.4 Å². The summed E-state index contributed by atoms with van der Waals surface area (Å²) in [5.41, 5.74) is 0.659. The smallest absolute Gasteiger partial charge is 0.305 e. The predicted octanol–water partition coefficient (Wildman–Crippen LogP) is 2.20. The summed E-state index contributed by atoms with van der Waals surface area (Å²) >= 11 is 0. The number of hydrogen-bond acceptors (Lipinski definition) is 3. The van der Waals surface area contributed by atoms with E-state index in [0.717, 1.165) is 0 Å². The van der Waals surface area contributed by atoms with Crippen LogP contribution < -0.4 is 0 Å². The van der Waals surface area contributed by atoms with Crippen LogP contribution in [0.5, 0.6) is 0 Å². The molecule has 0 heterocycles. The largest absolute Gasteiger partial charge is 0.469 e. The number of esters is 1. The zero-order valence-corrected chi connectivity index (χ0v) is 9.15. The van der Waals surface area contributed by atoms with Gasteiger partial charge in [-0.05, 0) is 30.5 Å². The normalized spacial score (nSPS) is 12.2. The summed E-state index contributed by atoms with van der Waals surface area (Å²) in [4.78, 5) is 10.8. The Balaban J connectivity index is 2.37. The molecule has 1 aromatic carbocycles. The quantitative estimate of drug-likeness (QED) is 0.783. The van der Waals surface area contributed by atoms with Gasteiger partial charge in [0.2, 0.25) is 0 Å². The minimum atomic E-state index is -0.662. The van der Waals surface area contributed by atoms with E-state index in [1.165, 1.54) is 31.4 Å². The van der Waals surface area contributed by atoms with Crippen LogP contribution in [0, 0.1) is 5.82 Å². The van der Waals surface area contributed by atoms with E-state index in [4.69, 9.17) is 0 Å². The Bertz CT molecular complexity index is 335. The van der Waals surface area contributed by atoms with E-state index in [0.29, 0.717) is 18.4 Å². The van der Waals surface area contributed by atoms with Gasteiger partial charge in [0.1, 0.15) is 5.82 Å². The Morgan fingerprint density at radius 1 is 1.44 bits per heavy atom. The van der Waals surface area contributed by atoms with Gasteiger partial charge in [-0.3, -0.25) is 4.79 Å². The molecule has 4 heteroatoms. The van der Waals surface area contributed by atoms with Crippen molar-refractivity contribution in [2.24, 2.45) is 0 Å². The van der Waals surface area contributed by atoms with E-state index in [1.807, 2.05) is 0 Å². The van der Waals surface area contributed by atoms with Crippen LogP contribution >= 0.6 is 0 Å². The van der Waals surface area contributed by atoms with Crippen molar-refractivity contribution >= 4 is 5.97 Å². The van der Waals surface area contributed by atoms with Gasteiger partial charge in [-0.1, -0.05) is 12.1 Å². The molecule has 1 rings (SSSR count). The predicted molar refractivity (Wildman–Crippen MR) is 57.2 cm³/mol. The van der Waals surface area contributed by atoms with Gasteiger partial charge in [0.25, 0.3) is 0 Å². The fourth-order valence-electron chi connectivity index (χ4n) is 1.39. The molecule has 1 unspecified atom stereocenters. The van der Waals surface area contributed by atoms with Crippen LogP contribution in [0.2, 0.25) is 0 Å². The second-order valence-corrected chi connectivity index (χ2v) is 3.54. The van der Waals surface area contributed by atoms with Gasteiger partial charge in [0.05, 0.1) is 13.2 Å². The minimum Gasteiger partial charge on any atom is -0.469 e. The summed E-state index contributed by atoms with van der Waals surface area (Å²) in [5.74, 6) is -0.614. The molecule has 0 radical (unpaired) electrons. The lowest BCUT2D eigenvalue weighted by Crippen LogP contribution is -2.02. The van der Waals surface area contributed by atoms with Crippen LogP contribution in [0.15, 0.2) is 24.3 Å². The average molecular weight is 226 g/mol. The fraction of sp³-hybridized carbons (Fsp3) is 0.417. The number of carbonyl (C=O) groups excluding carboxylic acids is 1. The lowest BCUT2D eigenvalue weighted by Gasteiger charge is -2.10. The van der Waals surface area contributed by atoms with Crippen LogP contribution in [0.4, 0.5) is 4.39 Å². The Kier molecular flexibility index (Phi) is 4.92. The monoisotopic (exact) mass is 226 g/mol. The number of halogens is 1. The summed E-state index contributed by atoms with van der Waals surface area (Å²) in [6, 6.07) is 5.69. The number of benzene rings is 1. The van der Waals surface area contributed by atoms with Crippen molar-refractivity contribution in [3.05, 3.63) is 35.6 Å². The first kappa shape index (κ1) is 12.6. The molecule has 1 N–H and O–H groups in total. The molecule has 0 amide bonds. The van der Waals surface area contributed by atoms with Gasteiger partial charge >= 0.3 is 5.97 Å². The van der Waals surface area contributed by atoms with E-state index in [2.05, 4.69) is 4.74 Å². The molecule has 0 saturated carbocycles. The first-order valence-corrected chi connectivity index (χ1v) is 5.14. The standard InChI is InChI=1S/C12H15FO3/c1-16-12(15)4-2-3-11(14)9-5-7-10(13)8-6-9/h5-8,11,14H,2-4H2,1H3. The van der Waals surface area contributed by atoms with Crippen LogP contribution in [0.3, 0.4) is 0 Å². The lowest BCUT2D eigenvalue weighted by molar-refractivity contribution is -0.140. The molecule has 3 nitrogen and oxygen atoms in total. The maximum Gasteiger partial charge on any atom is 0.305 e. The Labute approximate surface area is 93.9 Å². The molecule has 16 heavy (non-hydrogen) atoms. The Morgan fingerprint density at radius 3 is 2.62 bits per heavy atom. The number of hydrogen-bond donors (Lipinski definition) is 1. The van der Waals surface area contributed by atoms with Gasteiger partial charge in [-0.15, -0.1) is 0 Å². The van der Waals surface area contributed by atoms with Gasteiger partial charge < -0.3 is 9.84 Å². The van der Waals surface area contributed by atoms with E-state index in [-0.39, 0.29) is 18.2 Å². The van der Waals surface area contributed by atoms with E-state index >= 15 is 0 Å². The molecule has 0 aliphatic carbocycles. The first-order valence-electron chi connectivity index (χ1n) is 5.14. The highest BCUT2D eigenvalue weighted by Crippen LogP contribution is 2.19. The molecule has 0 saturated heterocycles. The maximum absolute atomic E-state index is 12.6. The van der Waals surface area contributed by atoms with Gasteiger partial charge in [0.15, 0.2) is 0 Å². The summed E-state index contributed by atoms with van der Waals surface area (Å²) in [5, 5.41) is 9.72. The highest BCUT2D eigenvalue weighted by Gasteiger charge is 2.08. The highest BCUT2D eigenvalue weighted by molar-refractivity contribution is 5.68. The zero-order valence-electron chi connectivity index (χ0n) is 9.15. The summed E-state index contributed by atoms with van der Waals surface area (Å²) in [6.45, 7) is 0. The summed E-state index contributed by atoms with van der Waals surface area (Å²) in [7, 11) is 1.33. The van der Waals surface area contributed by atoms with Crippen LogP contribution in [-0.2, 0) is 9.53 Å². The molecule has 0 aromatic heterocycles. The van der Waals surface area contributed by atoms with Crippen LogP contribution in [-0.4, -0.2) is 18.2 Å². The van der Waals surface area contributed by atoms with Gasteiger partial charge in [-0.25, -0.2) is 4.39 Å². The van der Waals surface area contributed by atoms with E-state index in [1.54, 1.807) is 0 Å². The molecule has 0 fully saturated rings. The lowest BCUT2D eigenvalue weighted by atomic mass is 10.0. The molecule has 0 aliphatic heterocycles. The third kappa shape index (κ3) is 3.98. The minimum absolute atomic E-state index is 0.286. The number of aliphatic hydroxyl groups excluding tert-OH is 1. The van der Waals surface area contributed by atoms with Crippen molar-refractivity contribution in [3.63, 3.8) is 0 Å². The number of ether oxygens (including phenoxy) is 1. The van der Waals surface area contributed by atoms with Crippen molar-refractivity contribution in [1.82, 2.24) is 0 Å². The summed E-state index contributed by atoms with van der Waals surface area (Å²) < 4.78 is 17.1. The Hall–Kier alpha value is -1.42. The van der Waals surface area contributed by atoms with Gasteiger partial charge in [-0.2, -0.15) is 0 Å². The van der Waals surface area contributed by atoms with Crippen LogP contribution in [0.1, 0.15) is 30.9 Å². The SMILES string of the molecule is COC(=O)CCCC(O)c1ccc(F)cc1. The van der Waals surface area contributed by atoms with Crippen LogP contribution in [0.25, 0.3) is 0 Å². The van der Waals surface area contributed by atoms with Gasteiger partial charge in [0, 0.05) is 6.42 Å². The van der Waals surface area contributed by atoms with Crippen molar-refractivity contribution in [1.29, 1.82) is 0 Å². The van der Waals surface area contributed by atoms with Crippen molar-refractivity contribution in [2.75, 3.05) is 7.11 Å². The molecule has 1 aromatic rings. The van der Waals surface area contributed by atoms with E-state index < -0.39 is 6.10 Å². The average Bonchev–Trinajstić information content (AvgIpc) is 2.29. The fourth-order valence-corrected chi connectivity index (χ4v) is 1.39. The number of methoxy groups -OCH3 is 1. The third-order valence-electron chi connectivity index (χ3n) is 2.34. The third-order valence-corrected chi connectivity index (χ3v) is 2.34. The molecular formula is C12H15FO3. The number of rotatable bonds is 5. The molecule has 88 valence electrons. The zero-order chi connectivity index (χ0) is 12.0. The topological polar surface area (TPSA) is 46.5 Å². The highest BCUT2D eigenvalue weighted by atomic mass is 19.1. The van der Waals surface area contributed by atoms with Crippen molar-refractivity contribution in [3.8, 4) is 0 Å². The number of carbonyl (C=O) groups is 1. The summed E-state index contributed by atoms with van der Waals surface area (Å²) in [6.07, 6.45) is 0.631. The molecule has 0 aliphatic rings. The maximum atomic E-state index is 12.6. The Morgan fingerprint density at radius 2 is 2.06 bits per heavy atom. The second-order valence-electron chi connectivity index (χ2n) is 3.54. The second kappa shape index (κ2) is 6.23. The van der Waals surface area contributed by atoms with E-state index in [9.17, 15) is 14.3 Å². The number of aliphatic hydroxyl groups is 1. The molecular weight excluding hydrogens is 211 g/mol.